The number of thiazole rings is 1. The second kappa shape index (κ2) is 6.19. The molecule has 4 nitrogen and oxygen atoms in total. The number of rotatable bonds is 5. The molecule has 0 N–H and O–H groups in total. The van der Waals surface area contributed by atoms with Gasteiger partial charge in [0.15, 0.2) is 0 Å². The molecule has 1 amide bonds. The smallest absolute Gasteiger partial charge is 0.265 e. The first-order valence-corrected chi connectivity index (χ1v) is 6.21. The SMILES string of the molecule is COCC(Br)CN(C)C(=O)c1cncs1. The summed E-state index contributed by atoms with van der Waals surface area (Å²) in [4.78, 5) is 18.1. The van der Waals surface area contributed by atoms with Gasteiger partial charge in [0.1, 0.15) is 4.88 Å². The molecule has 1 heterocycles. The number of nitrogens with zero attached hydrogens (tertiary/aromatic N) is 2. The zero-order valence-electron chi connectivity index (χ0n) is 8.64. The third-order valence-corrected chi connectivity index (χ3v) is 3.12. The van der Waals surface area contributed by atoms with Crippen LogP contribution in [-0.2, 0) is 4.74 Å². The number of hydrogen-bond acceptors (Lipinski definition) is 4. The minimum atomic E-state index is -0.00180. The molecule has 0 aliphatic heterocycles. The van der Waals surface area contributed by atoms with Gasteiger partial charge in [-0.15, -0.1) is 11.3 Å². The molecule has 1 rings (SSSR count). The molecule has 0 spiro atoms. The predicted molar refractivity (Wildman–Crippen MR) is 63.7 cm³/mol. The summed E-state index contributed by atoms with van der Waals surface area (Å²) in [6.07, 6.45) is 1.59. The zero-order valence-corrected chi connectivity index (χ0v) is 11.0. The maximum Gasteiger partial charge on any atom is 0.265 e. The molecule has 0 saturated heterocycles. The van der Waals surface area contributed by atoms with Gasteiger partial charge >= 0.3 is 0 Å². The fourth-order valence-electron chi connectivity index (χ4n) is 1.12. The van der Waals surface area contributed by atoms with Gasteiger partial charge in [0.25, 0.3) is 5.91 Å². The zero-order chi connectivity index (χ0) is 11.3. The van der Waals surface area contributed by atoms with E-state index in [0.29, 0.717) is 18.0 Å². The molecule has 1 atom stereocenters. The summed E-state index contributed by atoms with van der Waals surface area (Å²) in [6, 6.07) is 0. The molecule has 0 radical (unpaired) electrons. The van der Waals surface area contributed by atoms with E-state index in [1.807, 2.05) is 0 Å². The summed E-state index contributed by atoms with van der Waals surface area (Å²) in [6.45, 7) is 1.20. The fraction of sp³-hybridized carbons (Fsp3) is 0.556. The number of hydrogen-bond donors (Lipinski definition) is 0. The van der Waals surface area contributed by atoms with Gasteiger partial charge in [0, 0.05) is 20.7 Å². The molecule has 0 aliphatic carbocycles. The van der Waals surface area contributed by atoms with Gasteiger partial charge < -0.3 is 9.64 Å². The highest BCUT2D eigenvalue weighted by Crippen LogP contribution is 2.10. The van der Waals surface area contributed by atoms with E-state index >= 15 is 0 Å². The lowest BCUT2D eigenvalue weighted by Gasteiger charge is -2.19. The minimum absolute atomic E-state index is 0.00180. The van der Waals surface area contributed by atoms with Crippen LogP contribution in [0.4, 0.5) is 0 Å². The largest absolute Gasteiger partial charge is 0.383 e. The van der Waals surface area contributed by atoms with Crippen LogP contribution in [0.15, 0.2) is 11.7 Å². The van der Waals surface area contributed by atoms with Gasteiger partial charge in [-0.25, -0.2) is 0 Å². The van der Waals surface area contributed by atoms with E-state index in [2.05, 4.69) is 20.9 Å². The molecule has 0 saturated carbocycles. The van der Waals surface area contributed by atoms with Gasteiger partial charge in [-0.1, -0.05) is 15.9 Å². The molecule has 0 aliphatic rings. The molecule has 84 valence electrons. The van der Waals surface area contributed by atoms with E-state index in [4.69, 9.17) is 4.74 Å². The average Bonchev–Trinajstić information content (AvgIpc) is 2.69. The second-order valence-corrected chi connectivity index (χ2v) is 5.29. The maximum absolute atomic E-state index is 11.8. The molecule has 1 aromatic heterocycles. The highest BCUT2D eigenvalue weighted by Gasteiger charge is 2.16. The number of aromatic nitrogens is 1. The monoisotopic (exact) mass is 292 g/mol. The molecule has 0 fully saturated rings. The minimum Gasteiger partial charge on any atom is -0.383 e. The van der Waals surface area contributed by atoms with Crippen LogP contribution in [0.25, 0.3) is 0 Å². The number of ether oxygens (including phenoxy) is 1. The van der Waals surface area contributed by atoms with Crippen molar-refractivity contribution in [3.05, 3.63) is 16.6 Å². The van der Waals surface area contributed by atoms with Gasteiger partial charge in [-0.2, -0.15) is 0 Å². The summed E-state index contributed by atoms with van der Waals surface area (Å²) >= 11 is 4.79. The molecule has 1 unspecified atom stereocenters. The Labute approximate surface area is 101 Å². The first-order chi connectivity index (χ1) is 7.15. The fourth-order valence-corrected chi connectivity index (χ4v) is 2.44. The van der Waals surface area contributed by atoms with Gasteiger partial charge in [-0.05, 0) is 0 Å². The van der Waals surface area contributed by atoms with Crippen molar-refractivity contribution in [1.82, 2.24) is 9.88 Å². The van der Waals surface area contributed by atoms with Gasteiger partial charge in [0.05, 0.1) is 23.1 Å². The highest BCUT2D eigenvalue weighted by molar-refractivity contribution is 9.09. The Morgan fingerprint density at radius 2 is 2.53 bits per heavy atom. The lowest BCUT2D eigenvalue weighted by molar-refractivity contribution is 0.0788. The Hall–Kier alpha value is -0.460. The van der Waals surface area contributed by atoms with Crippen LogP contribution in [0.1, 0.15) is 9.67 Å². The lowest BCUT2D eigenvalue weighted by atomic mass is 10.4. The number of carbonyl (C=O) groups excluding carboxylic acids is 1. The summed E-state index contributed by atoms with van der Waals surface area (Å²) < 4.78 is 4.98. The average molecular weight is 293 g/mol. The highest BCUT2D eigenvalue weighted by atomic mass is 79.9. The van der Waals surface area contributed by atoms with Crippen molar-refractivity contribution in [3.8, 4) is 0 Å². The molecular weight excluding hydrogens is 280 g/mol. The van der Waals surface area contributed by atoms with Crippen LogP contribution in [0.2, 0.25) is 0 Å². The van der Waals surface area contributed by atoms with E-state index in [1.54, 1.807) is 30.8 Å². The summed E-state index contributed by atoms with van der Waals surface area (Å²) in [5.74, 6) is -0.00180. The van der Waals surface area contributed by atoms with Crippen molar-refractivity contribution in [1.29, 1.82) is 0 Å². The van der Waals surface area contributed by atoms with Crippen molar-refractivity contribution in [2.24, 2.45) is 0 Å². The summed E-state index contributed by atoms with van der Waals surface area (Å²) in [5.41, 5.74) is 1.65. The van der Waals surface area contributed by atoms with Crippen LogP contribution in [0.3, 0.4) is 0 Å². The van der Waals surface area contributed by atoms with E-state index in [-0.39, 0.29) is 10.7 Å². The Morgan fingerprint density at radius 3 is 3.07 bits per heavy atom. The van der Waals surface area contributed by atoms with Crippen LogP contribution >= 0.6 is 27.3 Å². The lowest BCUT2D eigenvalue weighted by Crippen LogP contribution is -2.33. The summed E-state index contributed by atoms with van der Waals surface area (Å²) in [5, 5.41) is 0. The van der Waals surface area contributed by atoms with Crippen molar-refractivity contribution >= 4 is 33.2 Å². The number of amides is 1. The van der Waals surface area contributed by atoms with Crippen LogP contribution in [0, 0.1) is 0 Å². The van der Waals surface area contributed by atoms with E-state index in [1.165, 1.54) is 11.3 Å². The van der Waals surface area contributed by atoms with Crippen LogP contribution in [0.5, 0.6) is 0 Å². The number of carbonyl (C=O) groups is 1. The molecule has 0 bridgehead atoms. The van der Waals surface area contributed by atoms with Crippen LogP contribution in [-0.4, -0.2) is 47.9 Å². The predicted octanol–water partition coefficient (Wildman–Crippen LogP) is 1.63. The van der Waals surface area contributed by atoms with E-state index < -0.39 is 0 Å². The molecule has 15 heavy (non-hydrogen) atoms. The van der Waals surface area contributed by atoms with E-state index in [9.17, 15) is 4.79 Å². The van der Waals surface area contributed by atoms with Crippen LogP contribution < -0.4 is 0 Å². The quantitative estimate of drug-likeness (QED) is 0.775. The number of alkyl halides is 1. The first-order valence-electron chi connectivity index (χ1n) is 4.42. The Balaban J connectivity index is 2.47. The third kappa shape index (κ3) is 3.89. The van der Waals surface area contributed by atoms with E-state index in [0.717, 1.165) is 0 Å². The van der Waals surface area contributed by atoms with Crippen molar-refractivity contribution in [2.45, 2.75) is 4.83 Å². The maximum atomic E-state index is 11.8. The topological polar surface area (TPSA) is 42.4 Å². The Kier molecular flexibility index (Phi) is 5.21. The first kappa shape index (κ1) is 12.6. The molecular formula is C9H13BrN2O2S. The number of halogens is 1. The normalized spacial score (nSPS) is 12.5. The molecule has 6 heteroatoms. The molecule has 0 aromatic carbocycles. The van der Waals surface area contributed by atoms with Crippen molar-refractivity contribution < 1.29 is 9.53 Å². The molecule has 1 aromatic rings. The van der Waals surface area contributed by atoms with Gasteiger partial charge in [-0.3, -0.25) is 9.78 Å². The van der Waals surface area contributed by atoms with Crippen molar-refractivity contribution in [2.75, 3.05) is 27.3 Å². The second-order valence-electron chi connectivity index (χ2n) is 3.10. The summed E-state index contributed by atoms with van der Waals surface area (Å²) in [7, 11) is 3.41. The number of methoxy groups -OCH3 is 1. The third-order valence-electron chi connectivity index (χ3n) is 1.81. The van der Waals surface area contributed by atoms with Gasteiger partial charge in [0.2, 0.25) is 0 Å². The standard InChI is InChI=1S/C9H13BrN2O2S/c1-12(4-7(10)5-14-2)9(13)8-3-11-6-15-8/h3,6-7H,4-5H2,1-2H3. The van der Waals surface area contributed by atoms with Crippen molar-refractivity contribution in [3.63, 3.8) is 0 Å². The Bertz CT molecular complexity index is 305. The Morgan fingerprint density at radius 1 is 1.80 bits per heavy atom.